The van der Waals surface area contributed by atoms with Crippen LogP contribution in [-0.2, 0) is 4.79 Å². The van der Waals surface area contributed by atoms with Crippen LogP contribution in [0.25, 0.3) is 0 Å². The topological polar surface area (TPSA) is 64.6 Å². The van der Waals surface area contributed by atoms with Gasteiger partial charge in [-0.3, -0.25) is 4.79 Å². The number of hydrogen-bond donors (Lipinski definition) is 0. The van der Waals surface area contributed by atoms with Crippen LogP contribution in [0.3, 0.4) is 0 Å². The zero-order valence-corrected chi connectivity index (χ0v) is 12.3. The van der Waals surface area contributed by atoms with Crippen LogP contribution in [0.15, 0.2) is 12.3 Å². The van der Waals surface area contributed by atoms with Gasteiger partial charge in [0.1, 0.15) is 6.10 Å². The lowest BCUT2D eigenvalue weighted by molar-refractivity contribution is -0.134. The molecule has 3 rings (SSSR count). The second kappa shape index (κ2) is 6.28. The van der Waals surface area contributed by atoms with E-state index in [-0.39, 0.29) is 12.0 Å². The fourth-order valence-electron chi connectivity index (χ4n) is 2.62. The lowest BCUT2D eigenvalue weighted by atomic mass is 10.1. The van der Waals surface area contributed by atoms with Gasteiger partial charge in [0.05, 0.1) is 13.7 Å². The van der Waals surface area contributed by atoms with E-state index in [1.165, 1.54) is 20.0 Å². The third-order valence-electron chi connectivity index (χ3n) is 3.97. The molecule has 0 aromatic carbocycles. The monoisotopic (exact) mass is 291 g/mol. The summed E-state index contributed by atoms with van der Waals surface area (Å²) in [5, 5.41) is 0. The number of methoxy groups -OCH3 is 1. The Kier molecular flexibility index (Phi) is 4.22. The van der Waals surface area contributed by atoms with Gasteiger partial charge in [0.15, 0.2) is 0 Å². The van der Waals surface area contributed by atoms with Crippen molar-refractivity contribution in [2.75, 3.05) is 20.2 Å². The zero-order chi connectivity index (χ0) is 14.7. The van der Waals surface area contributed by atoms with Crippen molar-refractivity contribution in [1.82, 2.24) is 14.9 Å². The smallest absolute Gasteiger partial charge is 0.319 e. The molecular formula is C15H21N3O3. The number of carbonyl (C=O) groups is 1. The number of piperidine rings is 1. The summed E-state index contributed by atoms with van der Waals surface area (Å²) in [4.78, 5) is 22.2. The maximum Gasteiger partial charge on any atom is 0.319 e. The van der Waals surface area contributed by atoms with Crippen molar-refractivity contribution in [3.63, 3.8) is 0 Å². The Bertz CT molecular complexity index is 505. The number of aromatic nitrogens is 2. The Morgan fingerprint density at radius 3 is 3.05 bits per heavy atom. The van der Waals surface area contributed by atoms with Gasteiger partial charge in [-0.2, -0.15) is 4.98 Å². The van der Waals surface area contributed by atoms with Crippen LogP contribution in [-0.4, -0.2) is 47.1 Å². The number of rotatable bonds is 5. The number of nitrogens with zero attached hydrogens (tertiary/aromatic N) is 3. The first kappa shape index (κ1) is 14.1. The van der Waals surface area contributed by atoms with Crippen LogP contribution >= 0.6 is 0 Å². The van der Waals surface area contributed by atoms with Crippen molar-refractivity contribution in [2.24, 2.45) is 5.92 Å². The summed E-state index contributed by atoms with van der Waals surface area (Å²) in [7, 11) is 1.53. The Balaban J connectivity index is 1.56. The molecule has 2 aliphatic rings. The minimum Gasteiger partial charge on any atom is -0.472 e. The highest BCUT2D eigenvalue weighted by Crippen LogP contribution is 2.33. The molecule has 114 valence electrons. The Morgan fingerprint density at radius 1 is 1.43 bits per heavy atom. The molecule has 6 heteroatoms. The lowest BCUT2D eigenvalue weighted by Crippen LogP contribution is -2.44. The number of hydrogen-bond acceptors (Lipinski definition) is 5. The van der Waals surface area contributed by atoms with Gasteiger partial charge in [0.25, 0.3) is 0 Å². The molecule has 6 nitrogen and oxygen atoms in total. The summed E-state index contributed by atoms with van der Waals surface area (Å²) in [6.45, 7) is 1.50. The van der Waals surface area contributed by atoms with E-state index < -0.39 is 0 Å². The van der Waals surface area contributed by atoms with E-state index in [2.05, 4.69) is 9.97 Å². The third kappa shape index (κ3) is 3.83. The first-order valence-corrected chi connectivity index (χ1v) is 7.56. The van der Waals surface area contributed by atoms with Gasteiger partial charge in [-0.05, 0) is 31.6 Å². The van der Waals surface area contributed by atoms with Gasteiger partial charge in [0, 0.05) is 25.2 Å². The normalized spacial score (nSPS) is 22.0. The Morgan fingerprint density at radius 2 is 2.29 bits per heavy atom. The van der Waals surface area contributed by atoms with E-state index in [0.717, 1.165) is 19.4 Å². The van der Waals surface area contributed by atoms with Crippen LogP contribution in [0.4, 0.5) is 0 Å². The molecule has 1 saturated carbocycles. The van der Waals surface area contributed by atoms with Crippen molar-refractivity contribution in [3.8, 4) is 11.9 Å². The minimum absolute atomic E-state index is 0.00140. The van der Waals surface area contributed by atoms with E-state index in [1.54, 1.807) is 12.3 Å². The first-order valence-electron chi connectivity index (χ1n) is 7.56. The highest BCUT2D eigenvalue weighted by Gasteiger charge is 2.30. The molecule has 0 N–H and O–H groups in total. The maximum atomic E-state index is 12.2. The molecule has 1 aliphatic heterocycles. The Labute approximate surface area is 124 Å². The molecule has 1 aliphatic carbocycles. The van der Waals surface area contributed by atoms with Crippen LogP contribution < -0.4 is 9.47 Å². The summed E-state index contributed by atoms with van der Waals surface area (Å²) in [5.74, 6) is 1.40. The molecule has 2 fully saturated rings. The van der Waals surface area contributed by atoms with Crippen molar-refractivity contribution < 1.29 is 14.3 Å². The van der Waals surface area contributed by atoms with Crippen LogP contribution in [0, 0.1) is 5.92 Å². The molecule has 0 bridgehead atoms. The van der Waals surface area contributed by atoms with Crippen LogP contribution in [0.5, 0.6) is 11.9 Å². The molecule has 1 atom stereocenters. The average Bonchev–Trinajstić information content (AvgIpc) is 3.31. The summed E-state index contributed by atoms with van der Waals surface area (Å²) in [5.41, 5.74) is 0. The lowest BCUT2D eigenvalue weighted by Gasteiger charge is -2.32. The molecule has 1 aromatic heterocycles. The van der Waals surface area contributed by atoms with Crippen LogP contribution in [0.2, 0.25) is 0 Å². The van der Waals surface area contributed by atoms with E-state index in [4.69, 9.17) is 9.47 Å². The fourth-order valence-corrected chi connectivity index (χ4v) is 2.62. The zero-order valence-electron chi connectivity index (χ0n) is 12.3. The van der Waals surface area contributed by atoms with Gasteiger partial charge in [-0.15, -0.1) is 0 Å². The highest BCUT2D eigenvalue weighted by molar-refractivity contribution is 5.76. The molecule has 1 amide bonds. The Hall–Kier alpha value is -1.85. The second-order valence-corrected chi connectivity index (χ2v) is 5.75. The summed E-state index contributed by atoms with van der Waals surface area (Å²) in [6.07, 6.45) is 6.65. The molecule has 2 heterocycles. The predicted molar refractivity (Wildman–Crippen MR) is 76.2 cm³/mol. The molecule has 0 radical (unpaired) electrons. The number of likely N-dealkylation sites (tertiary alicyclic amines) is 1. The third-order valence-corrected chi connectivity index (χ3v) is 3.97. The van der Waals surface area contributed by atoms with E-state index in [9.17, 15) is 4.79 Å². The molecule has 0 spiro atoms. The van der Waals surface area contributed by atoms with Crippen molar-refractivity contribution in [1.29, 1.82) is 0 Å². The molecule has 1 unspecified atom stereocenters. The van der Waals surface area contributed by atoms with Crippen LogP contribution in [0.1, 0.15) is 32.1 Å². The summed E-state index contributed by atoms with van der Waals surface area (Å²) < 4.78 is 10.9. The number of ether oxygens (including phenoxy) is 2. The largest absolute Gasteiger partial charge is 0.472 e. The molecule has 1 saturated heterocycles. The van der Waals surface area contributed by atoms with Crippen molar-refractivity contribution in [3.05, 3.63) is 12.3 Å². The number of amides is 1. The predicted octanol–water partition coefficient (Wildman–Crippen LogP) is 1.66. The van der Waals surface area contributed by atoms with Crippen molar-refractivity contribution >= 4 is 5.91 Å². The van der Waals surface area contributed by atoms with E-state index >= 15 is 0 Å². The molecule has 21 heavy (non-hydrogen) atoms. The van der Waals surface area contributed by atoms with Gasteiger partial charge in [-0.1, -0.05) is 0 Å². The SMILES string of the molecule is COc1nccc(OC2CCCN(C(=O)CC3CC3)C2)n1. The maximum absolute atomic E-state index is 12.2. The minimum atomic E-state index is 0.00140. The molecular weight excluding hydrogens is 270 g/mol. The van der Waals surface area contributed by atoms with Gasteiger partial charge < -0.3 is 14.4 Å². The van der Waals surface area contributed by atoms with Crippen molar-refractivity contribution in [2.45, 2.75) is 38.2 Å². The number of carbonyl (C=O) groups excluding carboxylic acids is 1. The first-order chi connectivity index (χ1) is 10.2. The standard InChI is InChI=1S/C15H21N3O3/c1-20-15-16-7-6-13(17-15)21-12-3-2-8-18(10-12)14(19)9-11-4-5-11/h6-7,11-12H,2-5,8-10H2,1H3. The summed E-state index contributed by atoms with van der Waals surface area (Å²) >= 11 is 0. The average molecular weight is 291 g/mol. The van der Waals surface area contributed by atoms with E-state index in [0.29, 0.717) is 30.8 Å². The van der Waals surface area contributed by atoms with Gasteiger partial charge >= 0.3 is 6.01 Å². The summed E-state index contributed by atoms with van der Waals surface area (Å²) in [6, 6.07) is 2.01. The molecule has 1 aromatic rings. The quantitative estimate of drug-likeness (QED) is 0.825. The second-order valence-electron chi connectivity index (χ2n) is 5.75. The fraction of sp³-hybridized carbons (Fsp3) is 0.667. The van der Waals surface area contributed by atoms with Gasteiger partial charge in [0.2, 0.25) is 11.8 Å². The van der Waals surface area contributed by atoms with E-state index in [1.807, 2.05) is 4.90 Å². The van der Waals surface area contributed by atoms with Gasteiger partial charge in [-0.25, -0.2) is 4.98 Å². The highest BCUT2D eigenvalue weighted by atomic mass is 16.5.